The van der Waals surface area contributed by atoms with Crippen LogP contribution in [0.25, 0.3) is 27.3 Å². The number of thiazole rings is 1. The van der Waals surface area contributed by atoms with Gasteiger partial charge in [-0.05, 0) is 17.7 Å². The summed E-state index contributed by atoms with van der Waals surface area (Å²) >= 11 is 2.99. The maximum atomic E-state index is 12.8. The normalized spacial score (nSPS) is 14.3. The predicted molar refractivity (Wildman–Crippen MR) is 131 cm³/mol. The molecule has 1 saturated heterocycles. The molecule has 3 aromatic rings. The number of morpholine rings is 1. The molecule has 0 bridgehead atoms. The minimum Gasteiger partial charge on any atom is -0.468 e. The van der Waals surface area contributed by atoms with Crippen molar-refractivity contribution in [2.24, 2.45) is 0 Å². The van der Waals surface area contributed by atoms with Gasteiger partial charge in [0.25, 0.3) is 11.9 Å². The number of rotatable bonds is 8. The van der Waals surface area contributed by atoms with E-state index in [0.29, 0.717) is 30.1 Å². The van der Waals surface area contributed by atoms with Crippen LogP contribution in [0, 0.1) is 0 Å². The second-order valence-corrected chi connectivity index (χ2v) is 9.83. The fraction of sp³-hybridized carbons (Fsp3) is 0.348. The molecule has 5 heterocycles. The van der Waals surface area contributed by atoms with Crippen LogP contribution in [0.2, 0.25) is 0 Å². The number of aryl methyl sites for hydroxylation is 1. The third-order valence-electron chi connectivity index (χ3n) is 5.71. The highest BCUT2D eigenvalue weighted by Gasteiger charge is 2.22. The van der Waals surface area contributed by atoms with Crippen molar-refractivity contribution < 1.29 is 23.0 Å². The van der Waals surface area contributed by atoms with Gasteiger partial charge >= 0.3 is 0 Å². The van der Waals surface area contributed by atoms with Gasteiger partial charge in [0.05, 0.1) is 50.1 Å². The number of aromatic nitrogens is 4. The zero-order chi connectivity index (χ0) is 23.8. The Labute approximate surface area is 208 Å². The van der Waals surface area contributed by atoms with Crippen LogP contribution in [0.1, 0.15) is 10.7 Å². The summed E-state index contributed by atoms with van der Waals surface area (Å²) < 4.78 is 37.2. The highest BCUT2D eigenvalue weighted by atomic mass is 32.1. The van der Waals surface area contributed by atoms with Crippen molar-refractivity contribution in [3.05, 3.63) is 40.5 Å². The molecule has 3 aliphatic rings. The Morgan fingerprint density at radius 2 is 2.06 bits per heavy atom. The molecule has 0 amide bonds. The van der Waals surface area contributed by atoms with E-state index in [1.807, 2.05) is 23.6 Å². The summed E-state index contributed by atoms with van der Waals surface area (Å²) in [7, 11) is 1.55. The first kappa shape index (κ1) is 22.3. The topological polar surface area (TPSA) is 87.2 Å². The number of alkyl halides is 1. The number of ether oxygens (including phenoxy) is 3. The number of hydrogen-bond donors (Lipinski definition) is 0. The lowest BCUT2D eigenvalue weighted by Gasteiger charge is -2.26. The fourth-order valence-corrected chi connectivity index (χ4v) is 5.70. The van der Waals surface area contributed by atoms with Gasteiger partial charge in [-0.1, -0.05) is 11.3 Å². The number of imidazole rings is 1. The number of fused-ring (bicyclic) bond motifs is 2. The molecule has 12 heteroatoms. The molecular formula is C23H22FN5O4S2. The lowest BCUT2D eigenvalue weighted by Crippen LogP contribution is -2.36. The second kappa shape index (κ2) is 9.44. The maximum absolute atomic E-state index is 12.8. The molecule has 0 unspecified atom stereocenters. The minimum absolute atomic E-state index is 0.267. The monoisotopic (exact) mass is 515 g/mol. The Kier molecular flexibility index (Phi) is 6.00. The van der Waals surface area contributed by atoms with Crippen LogP contribution >= 0.6 is 22.7 Å². The Morgan fingerprint density at radius 1 is 1.17 bits per heavy atom. The highest BCUT2D eigenvalue weighted by Crippen LogP contribution is 2.42. The number of halogens is 1. The molecule has 0 atom stereocenters. The summed E-state index contributed by atoms with van der Waals surface area (Å²) in [6, 6.07) is 5.81. The van der Waals surface area contributed by atoms with Gasteiger partial charge in [0, 0.05) is 36.5 Å². The third kappa shape index (κ3) is 4.32. The average molecular weight is 516 g/mol. The van der Waals surface area contributed by atoms with E-state index < -0.39 is 6.67 Å². The smallest absolute Gasteiger partial charge is 0.295 e. The van der Waals surface area contributed by atoms with Crippen molar-refractivity contribution in [3.8, 4) is 34.3 Å². The second-order valence-electron chi connectivity index (χ2n) is 7.95. The molecule has 1 aliphatic carbocycles. The lowest BCUT2D eigenvalue weighted by molar-refractivity contribution is 0.122. The lowest BCUT2D eigenvalue weighted by atomic mass is 10.2. The zero-order valence-corrected chi connectivity index (χ0v) is 20.5. The third-order valence-corrected chi connectivity index (χ3v) is 7.65. The first-order chi connectivity index (χ1) is 17.2. The van der Waals surface area contributed by atoms with Gasteiger partial charge in [-0.3, -0.25) is 4.39 Å². The van der Waals surface area contributed by atoms with Crippen molar-refractivity contribution in [1.82, 2.24) is 19.6 Å². The van der Waals surface area contributed by atoms with Gasteiger partial charge in [-0.15, -0.1) is 11.3 Å². The average Bonchev–Trinajstić information content (AvgIpc) is 3.66. The molecule has 0 aromatic carbocycles. The molecule has 0 radical (unpaired) electrons. The van der Waals surface area contributed by atoms with Crippen LogP contribution in [0.5, 0.6) is 11.9 Å². The Hall–Kier alpha value is -3.22. The number of methoxy groups -OCH3 is 1. The fourth-order valence-electron chi connectivity index (χ4n) is 3.99. The van der Waals surface area contributed by atoms with Crippen molar-refractivity contribution >= 4 is 32.8 Å². The van der Waals surface area contributed by atoms with Crippen molar-refractivity contribution in [2.75, 3.05) is 45.0 Å². The van der Waals surface area contributed by atoms with Crippen LogP contribution in [-0.2, 0) is 17.8 Å². The quantitative estimate of drug-likeness (QED) is 0.298. The summed E-state index contributed by atoms with van der Waals surface area (Å²) in [5.74, 6) is 0.693. The minimum atomic E-state index is -0.443. The molecule has 2 aliphatic heterocycles. The molecule has 9 nitrogen and oxygen atoms in total. The van der Waals surface area contributed by atoms with Gasteiger partial charge < -0.3 is 23.5 Å². The first-order valence-corrected chi connectivity index (χ1v) is 12.8. The van der Waals surface area contributed by atoms with Crippen molar-refractivity contribution in [2.45, 2.75) is 13.0 Å². The first-order valence-electron chi connectivity index (χ1n) is 11.1. The molecule has 0 N–H and O–H groups in total. The molecule has 35 heavy (non-hydrogen) atoms. The molecule has 1 fully saturated rings. The van der Waals surface area contributed by atoms with Crippen LogP contribution in [0.4, 0.5) is 9.52 Å². The van der Waals surface area contributed by atoms with Gasteiger partial charge in [0.1, 0.15) is 11.6 Å². The van der Waals surface area contributed by atoms with Crippen LogP contribution in [0.3, 0.4) is 0 Å². The number of hydrogen-bond acceptors (Lipinski definition) is 10. The van der Waals surface area contributed by atoms with E-state index in [-0.39, 0.29) is 13.0 Å². The standard InChI is InChI=1S/C23H22FN5O4S2/c1-30-20-10-14-8-15(18-11-25-22-29(18)27-19(35-22)2-3-24)9-17(14)21(33-20)32-12-16-13-34-23(26-16)28-4-6-31-7-5-28/h8-11,13H,2-7,12H2,1H3. The maximum Gasteiger partial charge on any atom is 0.295 e. The summed E-state index contributed by atoms with van der Waals surface area (Å²) in [5, 5.41) is 8.20. The summed E-state index contributed by atoms with van der Waals surface area (Å²) in [6.07, 6.45) is 2.05. The summed E-state index contributed by atoms with van der Waals surface area (Å²) in [6.45, 7) is 2.93. The van der Waals surface area contributed by atoms with Crippen LogP contribution < -0.4 is 14.4 Å². The zero-order valence-electron chi connectivity index (χ0n) is 18.9. The summed E-state index contributed by atoms with van der Waals surface area (Å²) in [4.78, 5) is 12.1. The number of anilines is 1. The largest absolute Gasteiger partial charge is 0.468 e. The summed E-state index contributed by atoms with van der Waals surface area (Å²) in [5.41, 5.74) is 4.26. The van der Waals surface area contributed by atoms with E-state index in [0.717, 1.165) is 51.3 Å². The van der Waals surface area contributed by atoms with E-state index in [2.05, 4.69) is 15.0 Å². The molecule has 0 spiro atoms. The van der Waals surface area contributed by atoms with Gasteiger partial charge in [0.15, 0.2) is 5.13 Å². The number of nitrogens with zero attached hydrogens (tertiary/aromatic N) is 5. The van der Waals surface area contributed by atoms with E-state index in [1.54, 1.807) is 29.2 Å². The Bertz CT molecular complexity index is 1420. The molecular weight excluding hydrogens is 493 g/mol. The van der Waals surface area contributed by atoms with E-state index in [1.165, 1.54) is 11.3 Å². The Morgan fingerprint density at radius 3 is 2.89 bits per heavy atom. The van der Waals surface area contributed by atoms with Crippen molar-refractivity contribution in [3.63, 3.8) is 0 Å². The highest BCUT2D eigenvalue weighted by molar-refractivity contribution is 7.16. The van der Waals surface area contributed by atoms with Gasteiger partial charge in [-0.2, -0.15) is 5.10 Å². The SMILES string of the molecule is COc1cc2cc(-c3cnc4sc(CCF)nn34)cc-2c(OCc2csc(N3CCOCC3)n2)o1. The van der Waals surface area contributed by atoms with E-state index >= 15 is 0 Å². The van der Waals surface area contributed by atoms with E-state index in [9.17, 15) is 4.39 Å². The van der Waals surface area contributed by atoms with Gasteiger partial charge in [-0.25, -0.2) is 14.5 Å². The molecule has 6 rings (SSSR count). The predicted octanol–water partition coefficient (Wildman–Crippen LogP) is 4.55. The van der Waals surface area contributed by atoms with E-state index in [4.69, 9.17) is 23.6 Å². The van der Waals surface area contributed by atoms with Gasteiger partial charge in [0.2, 0.25) is 4.96 Å². The molecule has 0 saturated carbocycles. The molecule has 182 valence electrons. The molecule has 3 aromatic heterocycles. The Balaban J connectivity index is 1.28. The van der Waals surface area contributed by atoms with Crippen LogP contribution in [-0.4, -0.2) is 59.7 Å². The van der Waals surface area contributed by atoms with Crippen molar-refractivity contribution in [1.29, 1.82) is 0 Å². The van der Waals surface area contributed by atoms with Crippen LogP contribution in [0.15, 0.2) is 34.2 Å².